The van der Waals surface area contributed by atoms with Crippen molar-refractivity contribution >= 4 is 0 Å². The summed E-state index contributed by atoms with van der Waals surface area (Å²) in [5, 5.41) is 0. The van der Waals surface area contributed by atoms with Crippen LogP contribution in [0.5, 0.6) is 0 Å². The van der Waals surface area contributed by atoms with E-state index in [9.17, 15) is 4.39 Å². The Bertz CT molecular complexity index is 420. The van der Waals surface area contributed by atoms with E-state index in [0.29, 0.717) is 0 Å². The lowest BCUT2D eigenvalue weighted by atomic mass is 10.3. The highest BCUT2D eigenvalue weighted by molar-refractivity contribution is 5.37. The molecule has 0 aliphatic carbocycles. The van der Waals surface area contributed by atoms with Crippen LogP contribution in [0.15, 0.2) is 36.4 Å². The van der Waals surface area contributed by atoms with Crippen LogP contribution in [0.1, 0.15) is 11.4 Å². The highest BCUT2D eigenvalue weighted by Gasteiger charge is 2.02. The molecule has 0 atom stereocenters. The molecule has 2 rings (SSSR count). The minimum absolute atomic E-state index is 0.198. The lowest BCUT2D eigenvalue weighted by Gasteiger charge is -2.08. The van der Waals surface area contributed by atoms with Gasteiger partial charge in [-0.25, -0.2) is 4.39 Å². The number of nitrogens with zero attached hydrogens (tertiary/aromatic N) is 1. The van der Waals surface area contributed by atoms with Gasteiger partial charge in [0.15, 0.2) is 0 Å². The van der Waals surface area contributed by atoms with Gasteiger partial charge in [0.05, 0.1) is 0 Å². The van der Waals surface area contributed by atoms with Gasteiger partial charge in [0.25, 0.3) is 0 Å². The summed E-state index contributed by atoms with van der Waals surface area (Å²) in [6, 6.07) is 10.6. The van der Waals surface area contributed by atoms with Crippen molar-refractivity contribution in [3.63, 3.8) is 0 Å². The van der Waals surface area contributed by atoms with E-state index >= 15 is 0 Å². The highest BCUT2D eigenvalue weighted by atomic mass is 19.1. The first-order valence-electron chi connectivity index (χ1n) is 4.59. The summed E-state index contributed by atoms with van der Waals surface area (Å²) in [6.45, 7) is 4.08. The average Bonchev–Trinajstić information content (AvgIpc) is 2.49. The topological polar surface area (TPSA) is 4.93 Å². The fraction of sp³-hybridized carbons (Fsp3) is 0.167. The molecular weight excluding hydrogens is 177 g/mol. The van der Waals surface area contributed by atoms with Crippen molar-refractivity contribution < 1.29 is 4.39 Å². The van der Waals surface area contributed by atoms with E-state index < -0.39 is 0 Å². The molecule has 2 heteroatoms. The van der Waals surface area contributed by atoms with Gasteiger partial charge in [0, 0.05) is 17.1 Å². The predicted molar refractivity (Wildman–Crippen MR) is 55.2 cm³/mol. The Hall–Kier alpha value is -1.57. The molecule has 14 heavy (non-hydrogen) atoms. The van der Waals surface area contributed by atoms with Crippen molar-refractivity contribution in [3.8, 4) is 5.69 Å². The lowest BCUT2D eigenvalue weighted by molar-refractivity contribution is 0.627. The van der Waals surface area contributed by atoms with E-state index in [4.69, 9.17) is 0 Å². The molecule has 0 fully saturated rings. The largest absolute Gasteiger partial charge is 0.319 e. The maximum Gasteiger partial charge on any atom is 0.123 e. The average molecular weight is 189 g/mol. The molecule has 1 nitrogen and oxygen atoms in total. The van der Waals surface area contributed by atoms with Crippen molar-refractivity contribution in [2.45, 2.75) is 13.8 Å². The van der Waals surface area contributed by atoms with Crippen molar-refractivity contribution in [2.24, 2.45) is 0 Å². The number of aryl methyl sites for hydroxylation is 2. The highest BCUT2D eigenvalue weighted by Crippen LogP contribution is 2.16. The number of hydrogen-bond donors (Lipinski definition) is 0. The Kier molecular flexibility index (Phi) is 2.12. The molecule has 1 heterocycles. The molecule has 1 aromatic carbocycles. The summed E-state index contributed by atoms with van der Waals surface area (Å²) in [6.07, 6.45) is 0. The number of aromatic nitrogens is 1. The second kappa shape index (κ2) is 3.29. The van der Waals surface area contributed by atoms with Crippen LogP contribution in [0.3, 0.4) is 0 Å². The van der Waals surface area contributed by atoms with Crippen molar-refractivity contribution in [1.82, 2.24) is 4.57 Å². The fourth-order valence-electron chi connectivity index (χ4n) is 1.67. The molecule has 0 amide bonds. The van der Waals surface area contributed by atoms with E-state index in [2.05, 4.69) is 16.7 Å². The molecule has 72 valence electrons. The van der Waals surface area contributed by atoms with Crippen molar-refractivity contribution in [1.29, 1.82) is 0 Å². The van der Waals surface area contributed by atoms with E-state index in [1.54, 1.807) is 12.1 Å². The predicted octanol–water partition coefficient (Wildman–Crippen LogP) is 3.23. The van der Waals surface area contributed by atoms with Crippen LogP contribution < -0.4 is 0 Å². The molecule has 0 radical (unpaired) electrons. The molecule has 0 aliphatic rings. The van der Waals surface area contributed by atoms with Crippen LogP contribution in [-0.4, -0.2) is 4.57 Å². The van der Waals surface area contributed by atoms with Gasteiger partial charge >= 0.3 is 0 Å². The van der Waals surface area contributed by atoms with Crippen LogP contribution in [0.2, 0.25) is 0 Å². The van der Waals surface area contributed by atoms with Crippen LogP contribution >= 0.6 is 0 Å². The zero-order chi connectivity index (χ0) is 10.1. The number of halogens is 1. The summed E-state index contributed by atoms with van der Waals surface area (Å²) < 4.78 is 14.8. The quantitative estimate of drug-likeness (QED) is 0.649. The number of hydrogen-bond acceptors (Lipinski definition) is 0. The fourth-order valence-corrected chi connectivity index (χ4v) is 1.67. The molecule has 0 aliphatic heterocycles. The molecule has 0 saturated carbocycles. The van der Waals surface area contributed by atoms with Crippen LogP contribution in [0.25, 0.3) is 5.69 Å². The van der Waals surface area contributed by atoms with Gasteiger partial charge in [-0.15, -0.1) is 0 Å². The van der Waals surface area contributed by atoms with E-state index in [1.807, 2.05) is 13.8 Å². The third-order valence-corrected chi connectivity index (χ3v) is 2.36. The minimum atomic E-state index is -0.198. The standard InChI is InChI=1S/C12H12FN/c1-9-3-4-10(2)14(9)12-7-5-11(13)6-8-12/h3-8H,1-2H3. The van der Waals surface area contributed by atoms with Crippen LogP contribution in [0.4, 0.5) is 4.39 Å². The first-order valence-corrected chi connectivity index (χ1v) is 4.59. The van der Waals surface area contributed by atoms with Gasteiger partial charge in [0.2, 0.25) is 0 Å². The Labute approximate surface area is 82.8 Å². The van der Waals surface area contributed by atoms with Crippen molar-refractivity contribution in [2.75, 3.05) is 0 Å². The second-order valence-corrected chi connectivity index (χ2v) is 3.43. The third kappa shape index (κ3) is 1.43. The van der Waals surface area contributed by atoms with Gasteiger partial charge in [-0.05, 0) is 50.2 Å². The molecule has 2 aromatic rings. The van der Waals surface area contributed by atoms with Crippen LogP contribution in [-0.2, 0) is 0 Å². The summed E-state index contributed by atoms with van der Waals surface area (Å²) in [5.41, 5.74) is 3.33. The normalized spacial score (nSPS) is 10.5. The number of rotatable bonds is 1. The van der Waals surface area contributed by atoms with Crippen molar-refractivity contribution in [3.05, 3.63) is 53.6 Å². The Morgan fingerprint density at radius 2 is 1.36 bits per heavy atom. The SMILES string of the molecule is Cc1ccc(C)n1-c1ccc(F)cc1. The zero-order valence-electron chi connectivity index (χ0n) is 8.29. The zero-order valence-corrected chi connectivity index (χ0v) is 8.29. The first-order chi connectivity index (χ1) is 6.68. The molecule has 0 spiro atoms. The van der Waals surface area contributed by atoms with Gasteiger partial charge < -0.3 is 4.57 Å². The summed E-state index contributed by atoms with van der Waals surface area (Å²) >= 11 is 0. The van der Waals surface area contributed by atoms with Gasteiger partial charge in [-0.3, -0.25) is 0 Å². The molecule has 0 unspecified atom stereocenters. The second-order valence-electron chi connectivity index (χ2n) is 3.43. The van der Waals surface area contributed by atoms with E-state index in [0.717, 1.165) is 17.1 Å². The van der Waals surface area contributed by atoms with Gasteiger partial charge in [-0.1, -0.05) is 0 Å². The minimum Gasteiger partial charge on any atom is -0.319 e. The lowest BCUT2D eigenvalue weighted by Crippen LogP contribution is -1.98. The molecule has 0 bridgehead atoms. The molecular formula is C12H12FN. The molecule has 1 aromatic heterocycles. The Morgan fingerprint density at radius 1 is 0.857 bits per heavy atom. The summed E-state index contributed by atoms with van der Waals surface area (Å²) in [5.74, 6) is -0.198. The molecule has 0 saturated heterocycles. The monoisotopic (exact) mass is 189 g/mol. The summed E-state index contributed by atoms with van der Waals surface area (Å²) in [7, 11) is 0. The first kappa shape index (κ1) is 9.00. The van der Waals surface area contributed by atoms with Gasteiger partial charge in [-0.2, -0.15) is 0 Å². The van der Waals surface area contributed by atoms with Crippen LogP contribution in [0, 0.1) is 19.7 Å². The van der Waals surface area contributed by atoms with Gasteiger partial charge in [0.1, 0.15) is 5.82 Å². The van der Waals surface area contributed by atoms with E-state index in [1.165, 1.54) is 12.1 Å². The van der Waals surface area contributed by atoms with E-state index in [-0.39, 0.29) is 5.82 Å². The smallest absolute Gasteiger partial charge is 0.123 e. The Balaban J connectivity index is 2.54. The third-order valence-electron chi connectivity index (χ3n) is 2.36. The maximum absolute atomic E-state index is 12.7. The number of benzene rings is 1. The summed E-state index contributed by atoms with van der Waals surface area (Å²) in [4.78, 5) is 0. The molecule has 0 N–H and O–H groups in total. The maximum atomic E-state index is 12.7. The Morgan fingerprint density at radius 3 is 1.86 bits per heavy atom.